The summed E-state index contributed by atoms with van der Waals surface area (Å²) in [6, 6.07) is 13.3. The smallest absolute Gasteiger partial charge is 0.261 e. The summed E-state index contributed by atoms with van der Waals surface area (Å²) in [6.45, 7) is 0.312. The second-order valence-electron chi connectivity index (χ2n) is 4.24. The number of rotatable bonds is 4. The minimum atomic E-state index is -3.72. The molecule has 2 rings (SSSR count). The molecule has 0 fully saturated rings. The van der Waals surface area contributed by atoms with E-state index >= 15 is 0 Å². The largest absolute Gasteiger partial charge is 0.348 e. The van der Waals surface area contributed by atoms with Crippen LogP contribution in [0.25, 0.3) is 0 Å². The molecule has 0 radical (unpaired) electrons. The highest BCUT2D eigenvalue weighted by molar-refractivity contribution is 14.1. The Hall–Kier alpha value is -1.12. The van der Waals surface area contributed by atoms with E-state index in [1.807, 2.05) is 12.1 Å². The van der Waals surface area contributed by atoms with Crippen molar-refractivity contribution in [2.45, 2.75) is 11.4 Å². The maximum atomic E-state index is 12.0. The lowest BCUT2D eigenvalue weighted by Crippen LogP contribution is -2.23. The Morgan fingerprint density at radius 3 is 2.29 bits per heavy atom. The Morgan fingerprint density at radius 2 is 1.71 bits per heavy atom. The zero-order valence-electron chi connectivity index (χ0n) is 10.7. The molecule has 0 saturated heterocycles. The Bertz CT molecular complexity index is 760. The number of hydrogen-bond acceptors (Lipinski definition) is 3. The van der Waals surface area contributed by atoms with Crippen LogP contribution in [0, 0.1) is 3.57 Å². The molecule has 0 aliphatic carbocycles. The maximum absolute atomic E-state index is 12.0. The molecule has 0 aliphatic rings. The second kappa shape index (κ2) is 6.76. The number of nitrogens with one attached hydrogen (secondary N) is 1. The summed E-state index contributed by atoms with van der Waals surface area (Å²) >= 11 is 2.10. The second-order valence-corrected chi connectivity index (χ2v) is 7.97. The first-order chi connectivity index (χ1) is 9.88. The molecule has 110 valence electrons. The van der Waals surface area contributed by atoms with Crippen molar-refractivity contribution < 1.29 is 13.2 Å². The predicted molar refractivity (Wildman–Crippen MR) is 89.8 cm³/mol. The Labute approximate surface area is 141 Å². The van der Waals surface area contributed by atoms with E-state index in [1.54, 1.807) is 24.3 Å². The Kier molecular flexibility index (Phi) is 5.23. The molecule has 0 bridgehead atoms. The Balaban J connectivity index is 2.04. The fourth-order valence-electron chi connectivity index (χ4n) is 1.69. The van der Waals surface area contributed by atoms with Gasteiger partial charge in [-0.1, -0.05) is 24.3 Å². The van der Waals surface area contributed by atoms with Gasteiger partial charge in [0.25, 0.3) is 15.0 Å². The van der Waals surface area contributed by atoms with E-state index in [-0.39, 0.29) is 10.8 Å². The molecule has 0 atom stereocenters. The number of carbonyl (C=O) groups is 1. The van der Waals surface area contributed by atoms with Crippen molar-refractivity contribution in [1.29, 1.82) is 0 Å². The van der Waals surface area contributed by atoms with Crippen LogP contribution in [-0.4, -0.2) is 14.3 Å². The maximum Gasteiger partial charge on any atom is 0.261 e. The normalized spacial score (nSPS) is 11.1. The van der Waals surface area contributed by atoms with Crippen LogP contribution in [0.5, 0.6) is 0 Å². The van der Waals surface area contributed by atoms with E-state index in [4.69, 9.17) is 10.7 Å². The van der Waals surface area contributed by atoms with Crippen molar-refractivity contribution in [2.24, 2.45) is 0 Å². The highest BCUT2D eigenvalue weighted by Gasteiger charge is 2.10. The first-order valence-electron chi connectivity index (χ1n) is 5.94. The summed E-state index contributed by atoms with van der Waals surface area (Å²) in [5.74, 6) is -0.172. The van der Waals surface area contributed by atoms with Gasteiger partial charge >= 0.3 is 0 Å². The van der Waals surface area contributed by atoms with E-state index in [1.165, 1.54) is 12.1 Å². The Morgan fingerprint density at radius 1 is 1.10 bits per heavy atom. The average molecular weight is 436 g/mol. The summed E-state index contributed by atoms with van der Waals surface area (Å²) in [7, 11) is 1.52. The molecule has 21 heavy (non-hydrogen) atoms. The van der Waals surface area contributed by atoms with Crippen molar-refractivity contribution in [1.82, 2.24) is 5.32 Å². The SMILES string of the molecule is O=C(NCc1ccc(S(=O)(=O)Cl)cc1)c1ccccc1I. The van der Waals surface area contributed by atoms with Gasteiger partial charge in [0.15, 0.2) is 0 Å². The zero-order chi connectivity index (χ0) is 15.5. The molecule has 2 aromatic rings. The lowest BCUT2D eigenvalue weighted by atomic mass is 10.2. The van der Waals surface area contributed by atoms with E-state index < -0.39 is 9.05 Å². The summed E-state index contributed by atoms with van der Waals surface area (Å²) in [6.07, 6.45) is 0. The van der Waals surface area contributed by atoms with Gasteiger partial charge in [-0.2, -0.15) is 0 Å². The molecule has 0 heterocycles. The predicted octanol–water partition coefficient (Wildman–Crippen LogP) is 3.15. The van der Waals surface area contributed by atoms with Gasteiger partial charge in [0.2, 0.25) is 0 Å². The quantitative estimate of drug-likeness (QED) is 0.593. The monoisotopic (exact) mass is 435 g/mol. The summed E-state index contributed by atoms with van der Waals surface area (Å²) in [5, 5.41) is 2.79. The molecule has 0 unspecified atom stereocenters. The third-order valence-electron chi connectivity index (χ3n) is 2.78. The molecular formula is C14H11ClINO3S. The zero-order valence-corrected chi connectivity index (χ0v) is 14.4. The summed E-state index contributed by atoms with van der Waals surface area (Å²) in [5.41, 5.74) is 1.40. The fourth-order valence-corrected chi connectivity index (χ4v) is 3.09. The minimum absolute atomic E-state index is 0.0388. The van der Waals surface area contributed by atoms with E-state index in [0.717, 1.165) is 9.13 Å². The lowest BCUT2D eigenvalue weighted by molar-refractivity contribution is 0.0950. The van der Waals surface area contributed by atoms with Gasteiger partial charge in [0.1, 0.15) is 0 Å². The van der Waals surface area contributed by atoms with Gasteiger partial charge in [-0.05, 0) is 52.4 Å². The molecule has 1 N–H and O–H groups in total. The molecule has 2 aromatic carbocycles. The van der Waals surface area contributed by atoms with Gasteiger partial charge < -0.3 is 5.32 Å². The van der Waals surface area contributed by atoms with Crippen LogP contribution >= 0.6 is 33.3 Å². The van der Waals surface area contributed by atoms with Crippen molar-refractivity contribution in [3.8, 4) is 0 Å². The molecule has 0 aliphatic heterocycles. The molecular weight excluding hydrogens is 425 g/mol. The van der Waals surface area contributed by atoms with Crippen molar-refractivity contribution in [3.63, 3.8) is 0 Å². The molecule has 1 amide bonds. The van der Waals surface area contributed by atoms with Crippen LogP contribution in [0.15, 0.2) is 53.4 Å². The fraction of sp³-hybridized carbons (Fsp3) is 0.0714. The van der Waals surface area contributed by atoms with E-state index in [9.17, 15) is 13.2 Å². The third kappa shape index (κ3) is 4.42. The summed E-state index contributed by atoms with van der Waals surface area (Å²) < 4.78 is 23.1. The number of halogens is 2. The number of hydrogen-bond donors (Lipinski definition) is 1. The van der Waals surface area contributed by atoms with Crippen LogP contribution in [0.2, 0.25) is 0 Å². The van der Waals surface area contributed by atoms with Gasteiger partial charge in [0, 0.05) is 20.8 Å². The number of amides is 1. The van der Waals surface area contributed by atoms with Crippen molar-refractivity contribution >= 4 is 48.2 Å². The molecule has 7 heteroatoms. The highest BCUT2D eigenvalue weighted by atomic mass is 127. The van der Waals surface area contributed by atoms with Crippen LogP contribution in [0.1, 0.15) is 15.9 Å². The lowest BCUT2D eigenvalue weighted by Gasteiger charge is -2.07. The van der Waals surface area contributed by atoms with Gasteiger partial charge in [-0.25, -0.2) is 8.42 Å². The van der Waals surface area contributed by atoms with Crippen LogP contribution < -0.4 is 5.32 Å². The van der Waals surface area contributed by atoms with Crippen molar-refractivity contribution in [2.75, 3.05) is 0 Å². The first-order valence-corrected chi connectivity index (χ1v) is 9.33. The molecule has 0 saturated carbocycles. The minimum Gasteiger partial charge on any atom is -0.348 e. The molecule has 0 aromatic heterocycles. The van der Waals surface area contributed by atoms with E-state index in [2.05, 4.69) is 27.9 Å². The van der Waals surface area contributed by atoms with Gasteiger partial charge in [0.05, 0.1) is 10.5 Å². The van der Waals surface area contributed by atoms with Gasteiger partial charge in [-0.15, -0.1) is 0 Å². The summed E-state index contributed by atoms with van der Waals surface area (Å²) in [4.78, 5) is 12.1. The highest BCUT2D eigenvalue weighted by Crippen LogP contribution is 2.15. The number of carbonyl (C=O) groups excluding carboxylic acids is 1. The van der Waals surface area contributed by atoms with Crippen molar-refractivity contribution in [3.05, 3.63) is 63.2 Å². The molecule has 4 nitrogen and oxygen atoms in total. The number of benzene rings is 2. The van der Waals surface area contributed by atoms with E-state index in [0.29, 0.717) is 12.1 Å². The van der Waals surface area contributed by atoms with Gasteiger partial charge in [-0.3, -0.25) is 4.79 Å². The molecule has 0 spiro atoms. The standard InChI is InChI=1S/C14H11ClINO3S/c15-21(19,20)11-7-5-10(6-8-11)9-17-14(18)12-3-1-2-4-13(12)16/h1-8H,9H2,(H,17,18). The van der Waals surface area contributed by atoms with Crippen LogP contribution in [-0.2, 0) is 15.6 Å². The van der Waals surface area contributed by atoms with Crippen LogP contribution in [0.3, 0.4) is 0 Å². The average Bonchev–Trinajstić information content (AvgIpc) is 2.45. The third-order valence-corrected chi connectivity index (χ3v) is 5.09. The topological polar surface area (TPSA) is 63.2 Å². The first kappa shape index (κ1) is 16.3. The van der Waals surface area contributed by atoms with Crippen LogP contribution in [0.4, 0.5) is 0 Å².